The highest BCUT2D eigenvalue weighted by atomic mass is 16.3. The Labute approximate surface area is 207 Å². The minimum atomic E-state index is -0.188. The Hall–Kier alpha value is -3.38. The van der Waals surface area contributed by atoms with Gasteiger partial charge in [-0.25, -0.2) is 0 Å². The third kappa shape index (κ3) is 6.83. The maximum atomic E-state index is 12.6. The molecule has 184 valence electrons. The molecule has 3 aromatic rings. The van der Waals surface area contributed by atoms with Gasteiger partial charge < -0.3 is 20.0 Å². The van der Waals surface area contributed by atoms with Crippen LogP contribution >= 0.6 is 0 Å². The molecule has 6 nitrogen and oxygen atoms in total. The molecule has 2 amide bonds. The smallest absolute Gasteiger partial charge is 0.287 e. The van der Waals surface area contributed by atoms with Gasteiger partial charge in [0.05, 0.1) is 12.3 Å². The monoisotopic (exact) mass is 473 g/mol. The zero-order chi connectivity index (χ0) is 24.6. The third-order valence-electron chi connectivity index (χ3n) is 6.72. The molecule has 1 aliphatic rings. The van der Waals surface area contributed by atoms with E-state index in [1.54, 1.807) is 12.1 Å². The van der Waals surface area contributed by atoms with E-state index >= 15 is 0 Å². The molecule has 1 aromatic heterocycles. The first kappa shape index (κ1) is 24.7. The molecule has 2 aromatic carbocycles. The molecular formula is C29H35N3O3. The lowest BCUT2D eigenvalue weighted by atomic mass is 9.89. The lowest BCUT2D eigenvalue weighted by Crippen LogP contribution is -2.36. The molecule has 35 heavy (non-hydrogen) atoms. The largest absolute Gasteiger partial charge is 0.459 e. The molecule has 0 aliphatic carbocycles. The molecular weight excluding hydrogens is 438 g/mol. The van der Waals surface area contributed by atoms with Gasteiger partial charge in [0, 0.05) is 18.2 Å². The number of nitrogens with one attached hydrogen (secondary N) is 2. The summed E-state index contributed by atoms with van der Waals surface area (Å²) < 4.78 is 5.28. The van der Waals surface area contributed by atoms with Gasteiger partial charge in [-0.1, -0.05) is 56.3 Å². The van der Waals surface area contributed by atoms with Crippen LogP contribution in [-0.4, -0.2) is 36.3 Å². The van der Waals surface area contributed by atoms with E-state index in [-0.39, 0.29) is 23.8 Å². The Bertz CT molecular complexity index is 1090. The van der Waals surface area contributed by atoms with Gasteiger partial charge >= 0.3 is 0 Å². The highest BCUT2D eigenvalue weighted by Crippen LogP contribution is 2.30. The molecule has 1 fully saturated rings. The maximum Gasteiger partial charge on any atom is 0.287 e. The molecule has 2 N–H and O–H groups in total. The van der Waals surface area contributed by atoms with Crippen molar-refractivity contribution in [3.63, 3.8) is 0 Å². The number of anilines is 1. The van der Waals surface area contributed by atoms with Crippen LogP contribution in [0.3, 0.4) is 0 Å². The minimum absolute atomic E-state index is 0.0366. The van der Waals surface area contributed by atoms with E-state index in [9.17, 15) is 9.59 Å². The number of nitrogens with zero attached hydrogens (tertiary/aromatic N) is 1. The fourth-order valence-electron chi connectivity index (χ4n) is 4.60. The summed E-state index contributed by atoms with van der Waals surface area (Å²) in [6, 6.07) is 21.7. The molecule has 2 heterocycles. The highest BCUT2D eigenvalue weighted by Gasteiger charge is 2.23. The molecule has 0 unspecified atom stereocenters. The van der Waals surface area contributed by atoms with E-state index in [1.807, 2.05) is 44.2 Å². The first-order valence-electron chi connectivity index (χ1n) is 12.5. The number of amides is 2. The molecule has 0 saturated carbocycles. The summed E-state index contributed by atoms with van der Waals surface area (Å²) in [5, 5.41) is 6.16. The average Bonchev–Trinajstić information content (AvgIpc) is 3.43. The zero-order valence-electron chi connectivity index (χ0n) is 20.6. The summed E-state index contributed by atoms with van der Waals surface area (Å²) in [7, 11) is 0. The SMILES string of the molecule is CC(C)C(=O)Nc1cccc(C2CCN(CC[C@H](NC(=O)c3ccco3)c3ccccc3)CC2)c1. The number of piperidine rings is 1. The number of carbonyl (C=O) groups is 2. The summed E-state index contributed by atoms with van der Waals surface area (Å²) in [6.07, 6.45) is 4.51. The van der Waals surface area contributed by atoms with Crippen LogP contribution in [0.25, 0.3) is 0 Å². The summed E-state index contributed by atoms with van der Waals surface area (Å²) in [4.78, 5) is 27.2. The van der Waals surface area contributed by atoms with Crippen LogP contribution in [-0.2, 0) is 4.79 Å². The minimum Gasteiger partial charge on any atom is -0.459 e. The van der Waals surface area contributed by atoms with Gasteiger partial charge in [0.25, 0.3) is 5.91 Å². The van der Waals surface area contributed by atoms with Crippen LogP contribution < -0.4 is 10.6 Å². The Balaban J connectivity index is 1.32. The molecule has 1 aliphatic heterocycles. The van der Waals surface area contributed by atoms with Crippen molar-refractivity contribution in [3.8, 4) is 0 Å². The van der Waals surface area contributed by atoms with Crippen molar-refractivity contribution in [2.24, 2.45) is 5.92 Å². The quantitative estimate of drug-likeness (QED) is 0.423. The van der Waals surface area contributed by atoms with Crippen LogP contribution in [0.15, 0.2) is 77.4 Å². The van der Waals surface area contributed by atoms with E-state index in [4.69, 9.17) is 4.42 Å². The van der Waals surface area contributed by atoms with Crippen molar-refractivity contribution in [1.29, 1.82) is 0 Å². The molecule has 0 radical (unpaired) electrons. The fraction of sp³-hybridized carbons (Fsp3) is 0.379. The highest BCUT2D eigenvalue weighted by molar-refractivity contribution is 5.92. The lowest BCUT2D eigenvalue weighted by molar-refractivity contribution is -0.118. The van der Waals surface area contributed by atoms with Crippen molar-refractivity contribution in [3.05, 3.63) is 89.9 Å². The van der Waals surface area contributed by atoms with Crippen LogP contribution in [0.2, 0.25) is 0 Å². The average molecular weight is 474 g/mol. The zero-order valence-corrected chi connectivity index (χ0v) is 20.6. The van der Waals surface area contributed by atoms with Gasteiger partial charge in [-0.15, -0.1) is 0 Å². The fourth-order valence-corrected chi connectivity index (χ4v) is 4.60. The van der Waals surface area contributed by atoms with Gasteiger partial charge in [0.15, 0.2) is 5.76 Å². The van der Waals surface area contributed by atoms with Crippen LogP contribution in [0.1, 0.15) is 66.8 Å². The number of hydrogen-bond donors (Lipinski definition) is 2. The van der Waals surface area contributed by atoms with E-state index in [2.05, 4.69) is 39.8 Å². The summed E-state index contributed by atoms with van der Waals surface area (Å²) in [5.74, 6) is 0.644. The number of likely N-dealkylation sites (tertiary alicyclic amines) is 1. The Morgan fingerprint density at radius 1 is 1.00 bits per heavy atom. The number of benzene rings is 2. The van der Waals surface area contributed by atoms with E-state index < -0.39 is 0 Å². The van der Waals surface area contributed by atoms with Gasteiger partial charge in [0.1, 0.15) is 0 Å². The first-order valence-corrected chi connectivity index (χ1v) is 12.5. The van der Waals surface area contributed by atoms with Gasteiger partial charge in [-0.2, -0.15) is 0 Å². The van der Waals surface area contributed by atoms with Crippen LogP contribution in [0, 0.1) is 5.92 Å². The predicted octanol–water partition coefficient (Wildman–Crippen LogP) is 5.61. The molecule has 0 bridgehead atoms. The Morgan fingerprint density at radius 2 is 1.77 bits per heavy atom. The molecule has 0 spiro atoms. The number of rotatable bonds is 9. The van der Waals surface area contributed by atoms with Crippen LogP contribution in [0.5, 0.6) is 0 Å². The van der Waals surface area contributed by atoms with Crippen molar-refractivity contribution in [2.45, 2.75) is 45.1 Å². The molecule has 6 heteroatoms. The Morgan fingerprint density at radius 3 is 2.46 bits per heavy atom. The second kappa shape index (κ2) is 11.8. The van der Waals surface area contributed by atoms with Crippen molar-refractivity contribution in [2.75, 3.05) is 25.0 Å². The topological polar surface area (TPSA) is 74.6 Å². The predicted molar refractivity (Wildman–Crippen MR) is 138 cm³/mol. The molecule has 1 atom stereocenters. The number of carbonyl (C=O) groups excluding carboxylic acids is 2. The molecule has 4 rings (SSSR count). The first-order chi connectivity index (χ1) is 17.0. The van der Waals surface area contributed by atoms with Crippen LogP contribution in [0.4, 0.5) is 5.69 Å². The second-order valence-corrected chi connectivity index (χ2v) is 9.59. The Kier molecular flexibility index (Phi) is 8.37. The second-order valence-electron chi connectivity index (χ2n) is 9.59. The van der Waals surface area contributed by atoms with E-state index in [0.717, 1.165) is 50.1 Å². The van der Waals surface area contributed by atoms with Crippen molar-refractivity contribution in [1.82, 2.24) is 10.2 Å². The van der Waals surface area contributed by atoms with Gasteiger partial charge in [0.2, 0.25) is 5.91 Å². The lowest BCUT2D eigenvalue weighted by Gasteiger charge is -2.33. The summed E-state index contributed by atoms with van der Waals surface area (Å²) in [6.45, 7) is 6.75. The normalized spacial score (nSPS) is 15.6. The molecule has 1 saturated heterocycles. The van der Waals surface area contributed by atoms with Crippen molar-refractivity contribution < 1.29 is 14.0 Å². The third-order valence-corrected chi connectivity index (χ3v) is 6.72. The van der Waals surface area contributed by atoms with Gasteiger partial charge in [-0.05, 0) is 73.7 Å². The van der Waals surface area contributed by atoms with E-state index in [1.165, 1.54) is 11.8 Å². The van der Waals surface area contributed by atoms with Gasteiger partial charge in [-0.3, -0.25) is 9.59 Å². The number of furan rings is 1. The van der Waals surface area contributed by atoms with Crippen molar-refractivity contribution >= 4 is 17.5 Å². The summed E-state index contributed by atoms with van der Waals surface area (Å²) >= 11 is 0. The summed E-state index contributed by atoms with van der Waals surface area (Å²) in [5.41, 5.74) is 3.27. The maximum absolute atomic E-state index is 12.6. The number of hydrogen-bond acceptors (Lipinski definition) is 4. The van der Waals surface area contributed by atoms with E-state index in [0.29, 0.717) is 11.7 Å². The standard InChI is InChI=1S/C29H35N3O3/c1-21(2)28(33)30-25-11-6-10-24(20-25)22-13-16-32(17-14-22)18-15-26(23-8-4-3-5-9-23)31-29(34)27-12-7-19-35-27/h3-12,19-22,26H,13-18H2,1-2H3,(H,30,33)(H,31,34)/t26-/m0/s1.